The lowest BCUT2D eigenvalue weighted by Gasteiger charge is -2.23. The molecule has 0 bridgehead atoms. The van der Waals surface area contributed by atoms with Gasteiger partial charge in [0, 0.05) is 11.6 Å². The van der Waals surface area contributed by atoms with E-state index >= 15 is 0 Å². The van der Waals surface area contributed by atoms with Gasteiger partial charge in [0.1, 0.15) is 11.6 Å². The zero-order valence-electron chi connectivity index (χ0n) is 10.9. The van der Waals surface area contributed by atoms with Crippen LogP contribution >= 0.6 is 0 Å². The van der Waals surface area contributed by atoms with E-state index in [9.17, 15) is 8.78 Å². The standard InChI is InChI=1S/C16H16F2N2/c17-13-5-6-14(15(18)9-13)16(20-19)12-7-10-3-1-2-4-11(10)8-12/h1-6,9,12,16,20H,7-8,19H2. The molecule has 0 fully saturated rings. The van der Waals surface area contributed by atoms with Gasteiger partial charge in [-0.1, -0.05) is 30.3 Å². The predicted molar refractivity (Wildman–Crippen MR) is 73.8 cm³/mol. The van der Waals surface area contributed by atoms with Crippen LogP contribution in [0.3, 0.4) is 0 Å². The number of nitrogens with one attached hydrogen (secondary N) is 1. The van der Waals surface area contributed by atoms with Gasteiger partial charge in [0.2, 0.25) is 0 Å². The quantitative estimate of drug-likeness (QED) is 0.667. The first-order chi connectivity index (χ1) is 9.69. The lowest BCUT2D eigenvalue weighted by Crippen LogP contribution is -2.34. The smallest absolute Gasteiger partial charge is 0.130 e. The molecule has 0 radical (unpaired) electrons. The van der Waals surface area contributed by atoms with Crippen molar-refractivity contribution in [1.29, 1.82) is 0 Å². The molecule has 1 atom stereocenters. The van der Waals surface area contributed by atoms with Crippen molar-refractivity contribution in [2.24, 2.45) is 11.8 Å². The maximum Gasteiger partial charge on any atom is 0.130 e. The molecule has 1 aliphatic carbocycles. The molecule has 0 saturated carbocycles. The zero-order valence-corrected chi connectivity index (χ0v) is 10.9. The highest BCUT2D eigenvalue weighted by molar-refractivity contribution is 5.34. The van der Waals surface area contributed by atoms with E-state index in [1.165, 1.54) is 23.3 Å². The molecule has 2 aromatic carbocycles. The monoisotopic (exact) mass is 274 g/mol. The van der Waals surface area contributed by atoms with Gasteiger partial charge in [-0.05, 0) is 36.0 Å². The van der Waals surface area contributed by atoms with Crippen molar-refractivity contribution in [1.82, 2.24) is 5.43 Å². The summed E-state index contributed by atoms with van der Waals surface area (Å²) in [6.07, 6.45) is 1.70. The van der Waals surface area contributed by atoms with Gasteiger partial charge in [-0.15, -0.1) is 0 Å². The van der Waals surface area contributed by atoms with Gasteiger partial charge in [0.05, 0.1) is 6.04 Å². The van der Waals surface area contributed by atoms with E-state index in [4.69, 9.17) is 5.84 Å². The van der Waals surface area contributed by atoms with Gasteiger partial charge in [0.15, 0.2) is 0 Å². The van der Waals surface area contributed by atoms with Crippen molar-refractivity contribution in [3.8, 4) is 0 Å². The van der Waals surface area contributed by atoms with Crippen molar-refractivity contribution in [3.05, 3.63) is 70.8 Å². The molecule has 0 saturated heterocycles. The number of fused-ring (bicyclic) bond motifs is 1. The van der Waals surface area contributed by atoms with E-state index in [1.54, 1.807) is 0 Å². The number of benzene rings is 2. The highest BCUT2D eigenvalue weighted by Gasteiger charge is 2.30. The number of hydrogen-bond donors (Lipinski definition) is 2. The third kappa shape index (κ3) is 2.32. The highest BCUT2D eigenvalue weighted by atomic mass is 19.1. The third-order valence-corrected chi connectivity index (χ3v) is 4.03. The SMILES string of the molecule is NNC(c1ccc(F)cc1F)C1Cc2ccccc2C1. The minimum absolute atomic E-state index is 0.178. The van der Waals surface area contributed by atoms with E-state index < -0.39 is 11.6 Å². The number of hydrazine groups is 1. The lowest BCUT2D eigenvalue weighted by molar-refractivity contribution is 0.367. The average Bonchev–Trinajstić information content (AvgIpc) is 2.85. The fraction of sp³-hybridized carbons (Fsp3) is 0.250. The Balaban J connectivity index is 1.89. The molecule has 4 heteroatoms. The first-order valence-electron chi connectivity index (χ1n) is 6.67. The Hall–Kier alpha value is -1.78. The second-order valence-electron chi connectivity index (χ2n) is 5.25. The Kier molecular flexibility index (Phi) is 3.51. The third-order valence-electron chi connectivity index (χ3n) is 4.03. The number of hydrogen-bond acceptors (Lipinski definition) is 2. The summed E-state index contributed by atoms with van der Waals surface area (Å²) < 4.78 is 26.9. The van der Waals surface area contributed by atoms with Crippen molar-refractivity contribution >= 4 is 0 Å². The first kappa shape index (κ1) is 13.2. The molecule has 104 valence electrons. The van der Waals surface area contributed by atoms with Gasteiger partial charge in [-0.3, -0.25) is 11.3 Å². The summed E-state index contributed by atoms with van der Waals surface area (Å²) in [5, 5.41) is 0. The molecule has 0 aliphatic heterocycles. The topological polar surface area (TPSA) is 38.0 Å². The van der Waals surface area contributed by atoms with Gasteiger partial charge in [-0.2, -0.15) is 0 Å². The van der Waals surface area contributed by atoms with Gasteiger partial charge in [0.25, 0.3) is 0 Å². The summed E-state index contributed by atoms with van der Waals surface area (Å²) in [6.45, 7) is 0. The van der Waals surface area contributed by atoms with E-state index in [1.807, 2.05) is 12.1 Å². The highest BCUT2D eigenvalue weighted by Crippen LogP contribution is 2.35. The molecular weight excluding hydrogens is 258 g/mol. The molecule has 2 nitrogen and oxygen atoms in total. The summed E-state index contributed by atoms with van der Waals surface area (Å²) >= 11 is 0. The Morgan fingerprint density at radius 3 is 2.25 bits per heavy atom. The summed E-state index contributed by atoms with van der Waals surface area (Å²) in [5.74, 6) is 4.67. The lowest BCUT2D eigenvalue weighted by atomic mass is 9.90. The molecular formula is C16H16F2N2. The van der Waals surface area contributed by atoms with Crippen LogP contribution in [-0.4, -0.2) is 0 Å². The molecule has 0 aromatic heterocycles. The van der Waals surface area contributed by atoms with Crippen LogP contribution < -0.4 is 11.3 Å². The van der Waals surface area contributed by atoms with Crippen LogP contribution in [0.1, 0.15) is 22.7 Å². The van der Waals surface area contributed by atoms with Crippen LogP contribution in [0.2, 0.25) is 0 Å². The van der Waals surface area contributed by atoms with Crippen molar-refractivity contribution in [3.63, 3.8) is 0 Å². The molecule has 0 heterocycles. The summed E-state index contributed by atoms with van der Waals surface area (Å²) in [4.78, 5) is 0. The predicted octanol–water partition coefficient (Wildman–Crippen LogP) is 2.88. The summed E-state index contributed by atoms with van der Waals surface area (Å²) in [5.41, 5.74) is 5.67. The number of rotatable bonds is 3. The Morgan fingerprint density at radius 1 is 1.05 bits per heavy atom. The van der Waals surface area contributed by atoms with Crippen LogP contribution in [0.25, 0.3) is 0 Å². The van der Waals surface area contributed by atoms with Crippen molar-refractivity contribution in [2.75, 3.05) is 0 Å². The Morgan fingerprint density at radius 2 is 1.70 bits per heavy atom. The summed E-state index contributed by atoms with van der Waals surface area (Å²) in [6, 6.07) is 11.5. The molecule has 1 unspecified atom stereocenters. The first-order valence-corrected chi connectivity index (χ1v) is 6.67. The van der Waals surface area contributed by atoms with E-state index in [-0.39, 0.29) is 12.0 Å². The van der Waals surface area contributed by atoms with Crippen molar-refractivity contribution in [2.45, 2.75) is 18.9 Å². The van der Waals surface area contributed by atoms with Gasteiger partial charge < -0.3 is 0 Å². The second kappa shape index (κ2) is 5.31. The minimum Gasteiger partial charge on any atom is -0.271 e. The van der Waals surface area contributed by atoms with Crippen LogP contribution in [0.15, 0.2) is 42.5 Å². The molecule has 1 aliphatic rings. The minimum atomic E-state index is -0.572. The second-order valence-corrected chi connectivity index (χ2v) is 5.25. The largest absolute Gasteiger partial charge is 0.271 e. The van der Waals surface area contributed by atoms with Crippen LogP contribution in [0, 0.1) is 17.6 Å². The maximum atomic E-state index is 13.9. The van der Waals surface area contributed by atoms with Crippen LogP contribution in [-0.2, 0) is 12.8 Å². The zero-order chi connectivity index (χ0) is 14.1. The van der Waals surface area contributed by atoms with E-state index in [0.717, 1.165) is 18.9 Å². The average molecular weight is 274 g/mol. The molecule has 3 rings (SSSR count). The normalized spacial score (nSPS) is 16.1. The van der Waals surface area contributed by atoms with Crippen LogP contribution in [0.4, 0.5) is 8.78 Å². The molecule has 20 heavy (non-hydrogen) atoms. The van der Waals surface area contributed by atoms with E-state index in [2.05, 4.69) is 17.6 Å². The summed E-state index contributed by atoms with van der Waals surface area (Å²) in [7, 11) is 0. The maximum absolute atomic E-state index is 13.9. The van der Waals surface area contributed by atoms with Crippen molar-refractivity contribution < 1.29 is 8.78 Å². The number of halogens is 2. The molecule has 0 amide bonds. The molecule has 2 aromatic rings. The van der Waals surface area contributed by atoms with Gasteiger partial charge in [-0.25, -0.2) is 8.78 Å². The Labute approximate surface area is 116 Å². The fourth-order valence-electron chi connectivity index (χ4n) is 3.06. The van der Waals surface area contributed by atoms with Gasteiger partial charge >= 0.3 is 0 Å². The fourth-order valence-corrected chi connectivity index (χ4v) is 3.06. The Bertz CT molecular complexity index is 603. The van der Waals surface area contributed by atoms with E-state index in [0.29, 0.717) is 5.56 Å². The number of nitrogens with two attached hydrogens (primary N) is 1. The molecule has 0 spiro atoms. The molecule has 3 N–H and O–H groups in total. The van der Waals surface area contributed by atoms with Crippen LogP contribution in [0.5, 0.6) is 0 Å².